The molecule has 1 fully saturated rings. The summed E-state index contributed by atoms with van der Waals surface area (Å²) in [5.41, 5.74) is 2.64. The highest BCUT2D eigenvalue weighted by atomic mass is 14.9. The number of hydrogen-bond donors (Lipinski definition) is 1. The fraction of sp³-hybridized carbons (Fsp3) is 0.647. The maximum Gasteiger partial charge on any atom is 0.0344 e. The predicted molar refractivity (Wildman–Crippen MR) is 80.0 cm³/mol. The Hall–Kier alpha value is -0.980. The van der Waals surface area contributed by atoms with Crippen LogP contribution < -0.4 is 5.32 Å². The van der Waals surface area contributed by atoms with Gasteiger partial charge in [0.1, 0.15) is 0 Å². The van der Waals surface area contributed by atoms with E-state index in [-0.39, 0.29) is 0 Å². The highest BCUT2D eigenvalue weighted by molar-refractivity contribution is 5.46. The monoisotopic (exact) mass is 245 g/mol. The molecule has 0 heterocycles. The van der Waals surface area contributed by atoms with E-state index in [2.05, 4.69) is 50.4 Å². The van der Waals surface area contributed by atoms with Crippen LogP contribution in [0.3, 0.4) is 0 Å². The summed E-state index contributed by atoms with van der Waals surface area (Å²) in [6.07, 6.45) is 6.85. The summed E-state index contributed by atoms with van der Waals surface area (Å²) in [5.74, 6) is 1.79. The summed E-state index contributed by atoms with van der Waals surface area (Å²) in [6, 6.07) is 9.43. The van der Waals surface area contributed by atoms with Crippen molar-refractivity contribution in [1.82, 2.24) is 0 Å². The molecule has 2 unspecified atom stereocenters. The molecule has 0 bridgehead atoms. The minimum absolute atomic E-state index is 0.676. The number of aryl methyl sites for hydroxylation is 1. The van der Waals surface area contributed by atoms with Crippen LogP contribution in [0.5, 0.6) is 0 Å². The minimum atomic E-state index is 0.676. The van der Waals surface area contributed by atoms with Gasteiger partial charge in [-0.25, -0.2) is 0 Å². The third-order valence-corrected chi connectivity index (χ3v) is 4.35. The molecule has 2 atom stereocenters. The van der Waals surface area contributed by atoms with Crippen molar-refractivity contribution in [3.63, 3.8) is 0 Å². The Bertz CT molecular complexity index is 370. The molecule has 0 amide bonds. The van der Waals surface area contributed by atoms with E-state index in [9.17, 15) is 0 Å². The lowest BCUT2D eigenvalue weighted by Crippen LogP contribution is -2.18. The molecule has 1 nitrogen and oxygen atoms in total. The van der Waals surface area contributed by atoms with Crippen molar-refractivity contribution >= 4 is 5.69 Å². The number of rotatable bonds is 3. The van der Waals surface area contributed by atoms with Crippen LogP contribution in [0.2, 0.25) is 0 Å². The van der Waals surface area contributed by atoms with Gasteiger partial charge in [0.2, 0.25) is 0 Å². The Kier molecular flexibility index (Phi) is 4.68. The molecule has 1 aromatic carbocycles. The van der Waals surface area contributed by atoms with Gasteiger partial charge in [-0.05, 0) is 55.7 Å². The third-order valence-electron chi connectivity index (χ3n) is 4.35. The van der Waals surface area contributed by atoms with E-state index in [1.807, 2.05) is 0 Å². The summed E-state index contributed by atoms with van der Waals surface area (Å²) in [4.78, 5) is 0. The van der Waals surface area contributed by atoms with Crippen LogP contribution in [0.15, 0.2) is 24.3 Å². The van der Waals surface area contributed by atoms with Gasteiger partial charge in [-0.1, -0.05) is 38.8 Å². The van der Waals surface area contributed by atoms with E-state index < -0.39 is 0 Å². The largest absolute Gasteiger partial charge is 0.382 e. The minimum Gasteiger partial charge on any atom is -0.382 e. The van der Waals surface area contributed by atoms with Gasteiger partial charge in [0, 0.05) is 11.7 Å². The lowest BCUT2D eigenvalue weighted by molar-refractivity contribution is 0.341. The molecule has 2 rings (SSSR count). The fourth-order valence-corrected chi connectivity index (χ4v) is 3.11. The summed E-state index contributed by atoms with van der Waals surface area (Å²) in [7, 11) is 0. The smallest absolute Gasteiger partial charge is 0.0344 e. The molecule has 1 aliphatic rings. The highest BCUT2D eigenvalue weighted by Crippen LogP contribution is 2.30. The average molecular weight is 245 g/mol. The van der Waals surface area contributed by atoms with E-state index in [1.54, 1.807) is 0 Å². The van der Waals surface area contributed by atoms with Gasteiger partial charge in [0.25, 0.3) is 0 Å². The van der Waals surface area contributed by atoms with Gasteiger partial charge >= 0.3 is 0 Å². The van der Waals surface area contributed by atoms with Crippen LogP contribution in [0.1, 0.15) is 51.5 Å². The van der Waals surface area contributed by atoms with Gasteiger partial charge in [0.15, 0.2) is 0 Å². The van der Waals surface area contributed by atoms with Crippen molar-refractivity contribution in [2.45, 2.75) is 58.9 Å². The summed E-state index contributed by atoms with van der Waals surface area (Å²) in [6.45, 7) is 6.91. The zero-order chi connectivity index (χ0) is 13.0. The highest BCUT2D eigenvalue weighted by Gasteiger charge is 2.20. The Morgan fingerprint density at radius 2 is 1.94 bits per heavy atom. The molecule has 1 aromatic rings. The number of benzene rings is 1. The van der Waals surface area contributed by atoms with Crippen LogP contribution in [-0.2, 0) is 0 Å². The maximum atomic E-state index is 3.72. The molecular formula is C17H27N. The van der Waals surface area contributed by atoms with E-state index in [4.69, 9.17) is 0 Å². The van der Waals surface area contributed by atoms with Crippen molar-refractivity contribution in [3.8, 4) is 0 Å². The van der Waals surface area contributed by atoms with E-state index in [0.29, 0.717) is 6.04 Å². The second-order valence-corrected chi connectivity index (χ2v) is 6.22. The molecule has 0 saturated heterocycles. The van der Waals surface area contributed by atoms with Crippen molar-refractivity contribution in [2.24, 2.45) is 11.8 Å². The lowest BCUT2D eigenvalue weighted by atomic mass is 9.89. The van der Waals surface area contributed by atoms with Crippen molar-refractivity contribution < 1.29 is 0 Å². The summed E-state index contributed by atoms with van der Waals surface area (Å²) >= 11 is 0. The first-order chi connectivity index (χ1) is 8.65. The first-order valence-electron chi connectivity index (χ1n) is 7.48. The topological polar surface area (TPSA) is 12.0 Å². The number of nitrogens with one attached hydrogen (secondary N) is 1. The van der Waals surface area contributed by atoms with Crippen molar-refractivity contribution in [1.29, 1.82) is 0 Å². The quantitative estimate of drug-likeness (QED) is 0.738. The van der Waals surface area contributed by atoms with Gasteiger partial charge < -0.3 is 5.32 Å². The molecule has 1 heteroatoms. The van der Waals surface area contributed by atoms with E-state index in [0.717, 1.165) is 11.8 Å². The molecule has 0 aromatic heterocycles. The molecule has 1 N–H and O–H groups in total. The summed E-state index contributed by atoms with van der Waals surface area (Å²) in [5, 5.41) is 3.72. The fourth-order valence-electron chi connectivity index (χ4n) is 3.11. The van der Waals surface area contributed by atoms with Crippen LogP contribution >= 0.6 is 0 Å². The molecule has 18 heavy (non-hydrogen) atoms. The zero-order valence-electron chi connectivity index (χ0n) is 12.1. The number of anilines is 1. The van der Waals surface area contributed by atoms with Gasteiger partial charge in [-0.15, -0.1) is 0 Å². The van der Waals surface area contributed by atoms with Gasteiger partial charge in [-0.3, -0.25) is 0 Å². The standard InChI is InChI=1S/C17H27N/c1-13(2)15-7-5-8-16(11-10-15)18-17-9-4-6-14(3)12-17/h4,6,9,12-13,15-16,18H,5,7-8,10-11H2,1-3H3. The molecule has 0 spiro atoms. The SMILES string of the molecule is Cc1cccc(NC2CCCC(C(C)C)CC2)c1. The first-order valence-corrected chi connectivity index (χ1v) is 7.48. The van der Waals surface area contributed by atoms with Crippen LogP contribution in [0.25, 0.3) is 0 Å². The van der Waals surface area contributed by atoms with E-state index >= 15 is 0 Å². The van der Waals surface area contributed by atoms with Crippen molar-refractivity contribution in [2.75, 3.05) is 5.32 Å². The van der Waals surface area contributed by atoms with Crippen LogP contribution in [0, 0.1) is 18.8 Å². The average Bonchev–Trinajstić information content (AvgIpc) is 2.55. The van der Waals surface area contributed by atoms with Gasteiger partial charge in [-0.2, -0.15) is 0 Å². The predicted octanol–water partition coefficient (Wildman–Crippen LogP) is 5.01. The second-order valence-electron chi connectivity index (χ2n) is 6.22. The Balaban J connectivity index is 1.91. The Labute approximate surface area is 112 Å². The lowest BCUT2D eigenvalue weighted by Gasteiger charge is -2.20. The molecule has 100 valence electrons. The maximum absolute atomic E-state index is 3.72. The van der Waals surface area contributed by atoms with Gasteiger partial charge in [0.05, 0.1) is 0 Å². The number of hydrogen-bond acceptors (Lipinski definition) is 1. The molecular weight excluding hydrogens is 218 g/mol. The first kappa shape index (κ1) is 13.5. The molecule has 0 aliphatic heterocycles. The second kappa shape index (κ2) is 6.26. The van der Waals surface area contributed by atoms with Crippen LogP contribution in [-0.4, -0.2) is 6.04 Å². The van der Waals surface area contributed by atoms with E-state index in [1.165, 1.54) is 43.4 Å². The molecule has 1 aliphatic carbocycles. The third kappa shape index (κ3) is 3.76. The normalized spacial score (nSPS) is 24.9. The van der Waals surface area contributed by atoms with Crippen molar-refractivity contribution in [3.05, 3.63) is 29.8 Å². The molecule has 0 radical (unpaired) electrons. The Morgan fingerprint density at radius 3 is 2.67 bits per heavy atom. The zero-order valence-corrected chi connectivity index (χ0v) is 12.1. The Morgan fingerprint density at radius 1 is 1.11 bits per heavy atom. The summed E-state index contributed by atoms with van der Waals surface area (Å²) < 4.78 is 0. The van der Waals surface area contributed by atoms with Crippen LogP contribution in [0.4, 0.5) is 5.69 Å². The molecule has 1 saturated carbocycles.